The van der Waals surface area contributed by atoms with Crippen molar-refractivity contribution < 1.29 is 19.5 Å². The average molecular weight is 202 g/mol. The maximum absolute atomic E-state index is 3.31. The molecule has 0 bridgehead atoms. The fourth-order valence-electron chi connectivity index (χ4n) is 0.134. The largest absolute Gasteiger partial charge is 0.0928 e. The van der Waals surface area contributed by atoms with Crippen LogP contribution in [0.4, 0.5) is 0 Å². The summed E-state index contributed by atoms with van der Waals surface area (Å²) in [7, 11) is 0. The Morgan fingerprint density at radius 3 is 2.00 bits per heavy atom. The van der Waals surface area contributed by atoms with Gasteiger partial charge in [-0.1, -0.05) is 29.3 Å². The van der Waals surface area contributed by atoms with Crippen LogP contribution in [0.5, 0.6) is 0 Å². The Balaban J connectivity index is 0. The molecule has 0 rings (SSSR count). The second-order valence-corrected chi connectivity index (χ2v) is 1.84. The third-order valence-electron chi connectivity index (χ3n) is 0.487. The summed E-state index contributed by atoms with van der Waals surface area (Å²) < 4.78 is 0. The number of rotatable bonds is 2. The van der Waals surface area contributed by atoms with Crippen molar-refractivity contribution in [2.75, 3.05) is 5.33 Å². The van der Waals surface area contributed by atoms with Gasteiger partial charge >= 0.3 is 0 Å². The zero-order chi connectivity index (χ0) is 4.12. The van der Waals surface area contributed by atoms with E-state index in [-0.39, 0.29) is 19.5 Å². The summed E-state index contributed by atoms with van der Waals surface area (Å²) in [4.78, 5) is 0. The molecule has 0 aliphatic rings. The van der Waals surface area contributed by atoms with Gasteiger partial charge in [-0.15, -0.1) is 0 Å². The number of hydrogen-bond donors (Lipinski definition) is 0. The molecular weight excluding hydrogens is 193 g/mol. The van der Waals surface area contributed by atoms with Crippen LogP contribution in [0.2, 0.25) is 0 Å². The SMILES string of the molecule is CCCCBr.[Zn]. The Kier molecular flexibility index (Phi) is 16.0. The first-order valence-electron chi connectivity index (χ1n) is 1.97. The van der Waals surface area contributed by atoms with E-state index in [1.54, 1.807) is 0 Å². The minimum atomic E-state index is 0. The van der Waals surface area contributed by atoms with Crippen LogP contribution in [0.1, 0.15) is 19.8 Å². The fourth-order valence-corrected chi connectivity index (χ4v) is 0.694. The molecule has 0 amide bonds. The summed E-state index contributed by atoms with van der Waals surface area (Å²) in [5.41, 5.74) is 0. The number of hydrogen-bond acceptors (Lipinski definition) is 0. The summed E-state index contributed by atoms with van der Waals surface area (Å²) in [6.07, 6.45) is 2.60. The van der Waals surface area contributed by atoms with E-state index < -0.39 is 0 Å². The van der Waals surface area contributed by atoms with Crippen molar-refractivity contribution in [2.45, 2.75) is 19.8 Å². The van der Waals surface area contributed by atoms with Crippen LogP contribution >= 0.6 is 15.9 Å². The topological polar surface area (TPSA) is 0 Å². The van der Waals surface area contributed by atoms with Crippen molar-refractivity contribution >= 4 is 15.9 Å². The predicted molar refractivity (Wildman–Crippen MR) is 28.7 cm³/mol. The van der Waals surface area contributed by atoms with Gasteiger partial charge in [0.05, 0.1) is 0 Å². The minimum absolute atomic E-state index is 0. The van der Waals surface area contributed by atoms with E-state index in [0.29, 0.717) is 0 Å². The Hall–Kier alpha value is 1.10. The van der Waals surface area contributed by atoms with E-state index in [9.17, 15) is 0 Å². The monoisotopic (exact) mass is 200 g/mol. The molecule has 0 fully saturated rings. The van der Waals surface area contributed by atoms with Crippen LogP contribution in [0.25, 0.3) is 0 Å². The molecule has 0 unspecified atom stereocenters. The first-order chi connectivity index (χ1) is 2.41. The molecule has 0 aliphatic carbocycles. The summed E-state index contributed by atoms with van der Waals surface area (Å²) in [6.45, 7) is 2.18. The van der Waals surface area contributed by atoms with Gasteiger partial charge in [0.25, 0.3) is 0 Å². The third kappa shape index (κ3) is 8.92. The Morgan fingerprint density at radius 1 is 1.50 bits per heavy atom. The van der Waals surface area contributed by atoms with Crippen LogP contribution in [-0.2, 0) is 19.5 Å². The number of alkyl halides is 1. The standard InChI is InChI=1S/C4H9Br.Zn/c1-2-3-4-5;/h2-4H2,1H3;. The molecule has 0 aliphatic heterocycles. The van der Waals surface area contributed by atoms with Gasteiger partial charge in [0.15, 0.2) is 0 Å². The van der Waals surface area contributed by atoms with Crippen molar-refractivity contribution in [3.63, 3.8) is 0 Å². The maximum atomic E-state index is 3.31. The minimum Gasteiger partial charge on any atom is -0.0928 e. The van der Waals surface area contributed by atoms with Crippen molar-refractivity contribution in [1.82, 2.24) is 0 Å². The molecule has 0 aromatic heterocycles. The molecule has 0 N–H and O–H groups in total. The van der Waals surface area contributed by atoms with E-state index in [2.05, 4.69) is 22.9 Å². The first-order valence-corrected chi connectivity index (χ1v) is 3.10. The van der Waals surface area contributed by atoms with E-state index in [4.69, 9.17) is 0 Å². The van der Waals surface area contributed by atoms with Gasteiger partial charge in [-0.05, 0) is 6.42 Å². The van der Waals surface area contributed by atoms with Crippen molar-refractivity contribution in [3.8, 4) is 0 Å². The molecule has 0 heterocycles. The maximum Gasteiger partial charge on any atom is 0.00312 e. The normalized spacial score (nSPS) is 7.00. The molecule has 0 saturated heterocycles. The molecule has 0 aromatic rings. The van der Waals surface area contributed by atoms with Crippen molar-refractivity contribution in [1.29, 1.82) is 0 Å². The van der Waals surface area contributed by atoms with Crippen LogP contribution in [0.3, 0.4) is 0 Å². The molecule has 0 spiro atoms. The van der Waals surface area contributed by atoms with E-state index in [1.165, 1.54) is 12.8 Å². The third-order valence-corrected chi connectivity index (χ3v) is 1.05. The smallest absolute Gasteiger partial charge is 0.00312 e. The molecular formula is C4H9BrZn. The van der Waals surface area contributed by atoms with Crippen molar-refractivity contribution in [3.05, 3.63) is 0 Å². The van der Waals surface area contributed by atoms with E-state index in [0.717, 1.165) is 5.33 Å². The zero-order valence-corrected chi connectivity index (χ0v) is 8.76. The Morgan fingerprint density at radius 2 is 2.00 bits per heavy atom. The Bertz CT molecular complexity index is 15.0. The van der Waals surface area contributed by atoms with Crippen LogP contribution in [0.15, 0.2) is 0 Å². The average Bonchev–Trinajstić information content (AvgIpc) is 1.41. The summed E-state index contributed by atoms with van der Waals surface area (Å²) in [6, 6.07) is 0. The molecule has 6 heavy (non-hydrogen) atoms. The molecule has 0 atom stereocenters. The first kappa shape index (κ1) is 10.2. The van der Waals surface area contributed by atoms with E-state index >= 15 is 0 Å². The zero-order valence-electron chi connectivity index (χ0n) is 4.21. The molecule has 0 radical (unpaired) electrons. The van der Waals surface area contributed by atoms with E-state index in [1.807, 2.05) is 0 Å². The summed E-state index contributed by atoms with van der Waals surface area (Å²) in [5.74, 6) is 0. The van der Waals surface area contributed by atoms with Gasteiger partial charge in [0.1, 0.15) is 0 Å². The molecule has 0 nitrogen and oxygen atoms in total. The number of unbranched alkanes of at least 4 members (excludes halogenated alkanes) is 1. The predicted octanol–water partition coefficient (Wildman–Crippen LogP) is 2.18. The van der Waals surface area contributed by atoms with Crippen LogP contribution in [0, 0.1) is 0 Å². The van der Waals surface area contributed by atoms with Crippen LogP contribution in [-0.4, -0.2) is 5.33 Å². The molecule has 2 heteroatoms. The fraction of sp³-hybridized carbons (Fsp3) is 1.00. The second-order valence-electron chi connectivity index (χ2n) is 1.04. The number of halogens is 1. The molecule has 0 aromatic carbocycles. The van der Waals surface area contributed by atoms with Crippen molar-refractivity contribution in [2.24, 2.45) is 0 Å². The van der Waals surface area contributed by atoms with Crippen LogP contribution < -0.4 is 0 Å². The van der Waals surface area contributed by atoms with Gasteiger partial charge in [-0.25, -0.2) is 0 Å². The Labute approximate surface area is 60.6 Å². The summed E-state index contributed by atoms with van der Waals surface area (Å²) >= 11 is 3.31. The van der Waals surface area contributed by atoms with Gasteiger partial charge < -0.3 is 0 Å². The van der Waals surface area contributed by atoms with Gasteiger partial charge in [0.2, 0.25) is 0 Å². The quantitative estimate of drug-likeness (QED) is 0.476. The van der Waals surface area contributed by atoms with Gasteiger partial charge in [-0.2, -0.15) is 0 Å². The summed E-state index contributed by atoms with van der Waals surface area (Å²) in [5, 5.41) is 1.16. The second kappa shape index (κ2) is 9.44. The molecule has 0 saturated carbocycles. The molecule has 34 valence electrons. The van der Waals surface area contributed by atoms with Gasteiger partial charge in [0, 0.05) is 24.8 Å². The van der Waals surface area contributed by atoms with Gasteiger partial charge in [-0.3, -0.25) is 0 Å².